The molecule has 8 nitrogen and oxygen atoms in total. The molecule has 0 atom stereocenters. The number of methoxy groups -OCH3 is 2. The SMILES string of the molecule is COc1cc2ncn(-c3nc(-c4cccnc4)c(C(=O)O)s3)c2cc1OC. The maximum Gasteiger partial charge on any atom is 0.348 e. The quantitative estimate of drug-likeness (QED) is 0.565. The van der Waals surface area contributed by atoms with Crippen LogP contribution in [-0.4, -0.2) is 44.8 Å². The summed E-state index contributed by atoms with van der Waals surface area (Å²) < 4.78 is 12.4. The molecule has 1 aromatic carbocycles. The minimum absolute atomic E-state index is 0.139. The standard InChI is InChI=1S/C18H14N4O4S/c1-25-13-6-11-12(7-14(13)26-2)22(9-20-11)18-21-15(16(27-18)17(23)24)10-4-3-5-19-8-10/h3-9H,1-2H3,(H,23,24). The number of hydrogen-bond acceptors (Lipinski definition) is 7. The number of fused-ring (bicyclic) bond motifs is 1. The van der Waals surface area contributed by atoms with E-state index < -0.39 is 5.97 Å². The van der Waals surface area contributed by atoms with Crippen molar-refractivity contribution >= 4 is 28.3 Å². The zero-order valence-corrected chi connectivity index (χ0v) is 15.2. The molecular formula is C18H14N4O4S. The molecule has 27 heavy (non-hydrogen) atoms. The van der Waals surface area contributed by atoms with Gasteiger partial charge < -0.3 is 14.6 Å². The minimum Gasteiger partial charge on any atom is -0.493 e. The van der Waals surface area contributed by atoms with E-state index in [2.05, 4.69) is 15.0 Å². The Kier molecular flexibility index (Phi) is 4.21. The van der Waals surface area contributed by atoms with Crippen molar-refractivity contribution in [1.82, 2.24) is 19.5 Å². The molecule has 0 aliphatic heterocycles. The Hall–Kier alpha value is -3.46. The Morgan fingerprint density at radius 1 is 1.22 bits per heavy atom. The summed E-state index contributed by atoms with van der Waals surface area (Å²) >= 11 is 1.07. The van der Waals surface area contributed by atoms with E-state index in [1.165, 1.54) is 0 Å². The number of carbonyl (C=O) groups is 1. The number of carboxylic acid groups (broad SMARTS) is 1. The van der Waals surface area contributed by atoms with E-state index in [9.17, 15) is 9.90 Å². The van der Waals surface area contributed by atoms with E-state index in [1.54, 1.807) is 61.8 Å². The van der Waals surface area contributed by atoms with Gasteiger partial charge in [-0.25, -0.2) is 14.8 Å². The number of aromatic carboxylic acids is 1. The Bertz CT molecular complexity index is 1140. The molecule has 4 rings (SSSR count). The van der Waals surface area contributed by atoms with E-state index in [0.717, 1.165) is 16.9 Å². The zero-order chi connectivity index (χ0) is 19.0. The summed E-state index contributed by atoms with van der Waals surface area (Å²) in [7, 11) is 3.11. The van der Waals surface area contributed by atoms with E-state index in [0.29, 0.717) is 33.4 Å². The first-order valence-corrected chi connectivity index (χ1v) is 8.68. The molecule has 0 radical (unpaired) electrons. The summed E-state index contributed by atoms with van der Waals surface area (Å²) in [6, 6.07) is 7.06. The second-order valence-electron chi connectivity index (χ2n) is 5.53. The Balaban J connectivity index is 1.90. The molecule has 0 bridgehead atoms. The predicted molar refractivity (Wildman–Crippen MR) is 100 cm³/mol. The third-order valence-corrected chi connectivity index (χ3v) is 5.05. The highest BCUT2D eigenvalue weighted by Crippen LogP contribution is 2.35. The van der Waals surface area contributed by atoms with Gasteiger partial charge in [0.15, 0.2) is 16.6 Å². The van der Waals surface area contributed by atoms with Gasteiger partial charge in [-0.1, -0.05) is 11.3 Å². The summed E-state index contributed by atoms with van der Waals surface area (Å²) in [5.74, 6) is 0.0761. The molecular weight excluding hydrogens is 368 g/mol. The van der Waals surface area contributed by atoms with Crippen molar-refractivity contribution in [3.05, 3.63) is 47.9 Å². The topological polar surface area (TPSA) is 99.4 Å². The molecule has 3 heterocycles. The lowest BCUT2D eigenvalue weighted by Gasteiger charge is -2.07. The van der Waals surface area contributed by atoms with Gasteiger partial charge in [-0.3, -0.25) is 9.55 Å². The first-order chi connectivity index (χ1) is 13.1. The van der Waals surface area contributed by atoms with Crippen LogP contribution in [-0.2, 0) is 0 Å². The van der Waals surface area contributed by atoms with Gasteiger partial charge in [-0.2, -0.15) is 0 Å². The van der Waals surface area contributed by atoms with Crippen molar-refractivity contribution < 1.29 is 19.4 Å². The van der Waals surface area contributed by atoms with Gasteiger partial charge in [0.05, 0.1) is 30.9 Å². The summed E-state index contributed by atoms with van der Waals surface area (Å²) in [5, 5.41) is 10.1. The predicted octanol–water partition coefficient (Wildman–Crippen LogP) is 3.26. The summed E-state index contributed by atoms with van der Waals surface area (Å²) in [4.78, 5) is 24.8. The number of hydrogen-bond donors (Lipinski definition) is 1. The highest BCUT2D eigenvalue weighted by molar-refractivity contribution is 7.16. The fourth-order valence-corrected chi connectivity index (χ4v) is 3.65. The van der Waals surface area contributed by atoms with Crippen LogP contribution in [0.15, 0.2) is 43.0 Å². The maximum atomic E-state index is 11.7. The summed E-state index contributed by atoms with van der Waals surface area (Å²) in [6.45, 7) is 0. The third-order valence-electron chi connectivity index (χ3n) is 4.00. The number of rotatable bonds is 5. The zero-order valence-electron chi connectivity index (χ0n) is 14.4. The van der Waals surface area contributed by atoms with Crippen LogP contribution in [0.3, 0.4) is 0 Å². The number of aromatic nitrogens is 4. The highest BCUT2D eigenvalue weighted by Gasteiger charge is 2.21. The number of benzene rings is 1. The van der Waals surface area contributed by atoms with Gasteiger partial charge in [0.2, 0.25) is 0 Å². The van der Waals surface area contributed by atoms with Crippen molar-refractivity contribution in [3.63, 3.8) is 0 Å². The minimum atomic E-state index is -1.04. The van der Waals surface area contributed by atoms with Gasteiger partial charge in [-0.05, 0) is 12.1 Å². The van der Waals surface area contributed by atoms with E-state index >= 15 is 0 Å². The molecule has 0 saturated carbocycles. The van der Waals surface area contributed by atoms with E-state index in [1.807, 2.05) is 0 Å². The highest BCUT2D eigenvalue weighted by atomic mass is 32.1. The second kappa shape index (κ2) is 6.69. The van der Waals surface area contributed by atoms with Gasteiger partial charge >= 0.3 is 5.97 Å². The molecule has 3 aromatic heterocycles. The molecule has 0 fully saturated rings. The fourth-order valence-electron chi connectivity index (χ4n) is 2.74. The number of ether oxygens (including phenoxy) is 2. The molecule has 0 amide bonds. The van der Waals surface area contributed by atoms with E-state index in [4.69, 9.17) is 9.47 Å². The summed E-state index contributed by atoms with van der Waals surface area (Å²) in [5.41, 5.74) is 2.43. The fraction of sp³-hybridized carbons (Fsp3) is 0.111. The lowest BCUT2D eigenvalue weighted by atomic mass is 10.2. The van der Waals surface area contributed by atoms with Crippen LogP contribution in [0.2, 0.25) is 0 Å². The molecule has 9 heteroatoms. The van der Waals surface area contributed by atoms with Gasteiger partial charge in [-0.15, -0.1) is 0 Å². The smallest absolute Gasteiger partial charge is 0.348 e. The molecule has 0 unspecified atom stereocenters. The van der Waals surface area contributed by atoms with Crippen LogP contribution in [0.25, 0.3) is 27.4 Å². The van der Waals surface area contributed by atoms with Crippen molar-refractivity contribution in [2.75, 3.05) is 14.2 Å². The molecule has 1 N–H and O–H groups in total. The van der Waals surface area contributed by atoms with Crippen molar-refractivity contribution in [1.29, 1.82) is 0 Å². The second-order valence-corrected chi connectivity index (χ2v) is 6.51. The Morgan fingerprint density at radius 3 is 2.67 bits per heavy atom. The lowest BCUT2D eigenvalue weighted by Crippen LogP contribution is -1.95. The number of carboxylic acids is 1. The first kappa shape index (κ1) is 17.0. The molecule has 0 spiro atoms. The number of imidazole rings is 1. The first-order valence-electron chi connectivity index (χ1n) is 7.86. The van der Waals surface area contributed by atoms with Crippen LogP contribution in [0, 0.1) is 0 Å². The summed E-state index contributed by atoms with van der Waals surface area (Å²) in [6.07, 6.45) is 4.81. The average Bonchev–Trinajstić information content (AvgIpc) is 3.31. The molecule has 0 aliphatic carbocycles. The van der Waals surface area contributed by atoms with Crippen LogP contribution in [0.5, 0.6) is 11.5 Å². The van der Waals surface area contributed by atoms with Crippen molar-refractivity contribution in [3.8, 4) is 27.9 Å². The number of thiazole rings is 1. The Morgan fingerprint density at radius 2 is 2.00 bits per heavy atom. The maximum absolute atomic E-state index is 11.7. The van der Waals surface area contributed by atoms with Gasteiger partial charge in [0.1, 0.15) is 11.2 Å². The van der Waals surface area contributed by atoms with Gasteiger partial charge in [0, 0.05) is 30.1 Å². The van der Waals surface area contributed by atoms with Gasteiger partial charge in [0.25, 0.3) is 0 Å². The third kappa shape index (κ3) is 2.87. The average molecular weight is 382 g/mol. The molecule has 136 valence electrons. The molecule has 0 aliphatic rings. The largest absolute Gasteiger partial charge is 0.493 e. The molecule has 4 aromatic rings. The Labute approximate surface area is 157 Å². The number of pyridine rings is 1. The van der Waals surface area contributed by atoms with Crippen LogP contribution < -0.4 is 9.47 Å². The van der Waals surface area contributed by atoms with Crippen molar-refractivity contribution in [2.45, 2.75) is 0 Å². The normalized spacial score (nSPS) is 10.9. The lowest BCUT2D eigenvalue weighted by molar-refractivity contribution is 0.0702. The monoisotopic (exact) mass is 382 g/mol. The van der Waals surface area contributed by atoms with Crippen LogP contribution in [0.1, 0.15) is 9.67 Å². The molecule has 0 saturated heterocycles. The van der Waals surface area contributed by atoms with Crippen molar-refractivity contribution in [2.24, 2.45) is 0 Å². The number of nitrogens with zero attached hydrogens (tertiary/aromatic N) is 4. The van der Waals surface area contributed by atoms with E-state index in [-0.39, 0.29) is 4.88 Å². The van der Waals surface area contributed by atoms with Crippen LogP contribution >= 0.6 is 11.3 Å². The van der Waals surface area contributed by atoms with Crippen LogP contribution in [0.4, 0.5) is 0 Å².